The third-order valence-electron chi connectivity index (χ3n) is 2.42. The van der Waals surface area contributed by atoms with Crippen molar-refractivity contribution in [1.82, 2.24) is 4.98 Å². The van der Waals surface area contributed by atoms with E-state index in [4.69, 9.17) is 19.9 Å². The zero-order chi connectivity index (χ0) is 13.2. The van der Waals surface area contributed by atoms with Gasteiger partial charge in [-0.25, -0.2) is 4.98 Å². The molecular weight excluding hydrogens is 232 g/mol. The molecule has 2 N–H and O–H groups in total. The van der Waals surface area contributed by atoms with E-state index < -0.39 is 0 Å². The topological polar surface area (TPSA) is 66.6 Å². The van der Waals surface area contributed by atoms with Crippen LogP contribution in [0.2, 0.25) is 0 Å². The van der Waals surface area contributed by atoms with Crippen LogP contribution in [0.15, 0.2) is 12.1 Å². The molecule has 1 rings (SSSR count). The Bertz CT molecular complexity index is 323. The van der Waals surface area contributed by atoms with Gasteiger partial charge in [0.05, 0.1) is 19.8 Å². The van der Waals surface area contributed by atoms with Gasteiger partial charge in [-0.05, 0) is 18.1 Å². The Balaban J connectivity index is 2.36. The summed E-state index contributed by atoms with van der Waals surface area (Å²) in [6.07, 6.45) is 0.870. The van der Waals surface area contributed by atoms with Gasteiger partial charge in [0.1, 0.15) is 6.61 Å². The van der Waals surface area contributed by atoms with Crippen LogP contribution in [0.1, 0.15) is 18.2 Å². The Morgan fingerprint density at radius 3 is 2.61 bits per heavy atom. The third kappa shape index (κ3) is 5.44. The van der Waals surface area contributed by atoms with Crippen molar-refractivity contribution in [2.24, 2.45) is 5.73 Å². The maximum absolute atomic E-state index is 5.63. The first-order chi connectivity index (χ1) is 8.80. The molecule has 1 aromatic heterocycles. The highest BCUT2D eigenvalue weighted by Crippen LogP contribution is 2.12. The van der Waals surface area contributed by atoms with E-state index in [-0.39, 0.29) is 0 Å². The number of rotatable bonds is 9. The van der Waals surface area contributed by atoms with Crippen LogP contribution in [0.5, 0.6) is 5.88 Å². The SMILES string of the molecule is CCc1cc(CN)cc(OCCOCCOC)n1. The Morgan fingerprint density at radius 1 is 1.17 bits per heavy atom. The molecule has 0 spiro atoms. The van der Waals surface area contributed by atoms with Crippen molar-refractivity contribution in [3.05, 3.63) is 23.4 Å². The van der Waals surface area contributed by atoms with Crippen LogP contribution in [0.3, 0.4) is 0 Å². The second kappa shape index (κ2) is 8.85. The van der Waals surface area contributed by atoms with E-state index in [2.05, 4.69) is 11.9 Å². The number of ether oxygens (including phenoxy) is 3. The highest BCUT2D eigenvalue weighted by Gasteiger charge is 2.02. The number of aryl methyl sites for hydroxylation is 1. The maximum atomic E-state index is 5.63. The van der Waals surface area contributed by atoms with E-state index in [9.17, 15) is 0 Å². The minimum atomic E-state index is 0.480. The number of aromatic nitrogens is 1. The smallest absolute Gasteiger partial charge is 0.213 e. The molecule has 0 atom stereocenters. The predicted octanol–water partition coefficient (Wildman–Crippen LogP) is 1.14. The van der Waals surface area contributed by atoms with Gasteiger partial charge in [0.15, 0.2) is 0 Å². The number of hydrogen-bond acceptors (Lipinski definition) is 5. The molecule has 0 aromatic carbocycles. The Hall–Kier alpha value is -1.17. The minimum absolute atomic E-state index is 0.480. The highest BCUT2D eigenvalue weighted by atomic mass is 16.5. The summed E-state index contributed by atoms with van der Waals surface area (Å²) in [5, 5.41) is 0. The molecule has 5 heteroatoms. The highest BCUT2D eigenvalue weighted by molar-refractivity contribution is 5.25. The van der Waals surface area contributed by atoms with Crippen LogP contribution < -0.4 is 10.5 Å². The van der Waals surface area contributed by atoms with Crippen LogP contribution in [-0.2, 0) is 22.4 Å². The van der Waals surface area contributed by atoms with Crippen molar-refractivity contribution in [3.8, 4) is 5.88 Å². The van der Waals surface area contributed by atoms with E-state index in [1.807, 2.05) is 12.1 Å². The van der Waals surface area contributed by atoms with Gasteiger partial charge in [0, 0.05) is 25.4 Å². The fourth-order valence-corrected chi connectivity index (χ4v) is 1.44. The van der Waals surface area contributed by atoms with Gasteiger partial charge in [-0.3, -0.25) is 0 Å². The minimum Gasteiger partial charge on any atom is -0.475 e. The van der Waals surface area contributed by atoms with E-state index in [0.29, 0.717) is 38.9 Å². The van der Waals surface area contributed by atoms with E-state index in [0.717, 1.165) is 17.7 Å². The third-order valence-corrected chi connectivity index (χ3v) is 2.42. The Labute approximate surface area is 108 Å². The van der Waals surface area contributed by atoms with Gasteiger partial charge in [-0.1, -0.05) is 6.92 Å². The van der Waals surface area contributed by atoms with Gasteiger partial charge in [0.2, 0.25) is 5.88 Å². The van der Waals surface area contributed by atoms with Crippen LogP contribution in [0, 0.1) is 0 Å². The molecule has 0 amide bonds. The van der Waals surface area contributed by atoms with Crippen molar-refractivity contribution in [3.63, 3.8) is 0 Å². The zero-order valence-electron chi connectivity index (χ0n) is 11.1. The molecule has 0 aliphatic rings. The van der Waals surface area contributed by atoms with Gasteiger partial charge < -0.3 is 19.9 Å². The molecule has 0 unspecified atom stereocenters. The average molecular weight is 254 g/mol. The lowest BCUT2D eigenvalue weighted by atomic mass is 10.2. The largest absolute Gasteiger partial charge is 0.475 e. The van der Waals surface area contributed by atoms with Gasteiger partial charge in [-0.2, -0.15) is 0 Å². The fraction of sp³-hybridized carbons (Fsp3) is 0.615. The van der Waals surface area contributed by atoms with Crippen LogP contribution in [-0.4, -0.2) is 38.5 Å². The molecule has 1 aromatic rings. The molecule has 18 heavy (non-hydrogen) atoms. The summed E-state index contributed by atoms with van der Waals surface area (Å²) < 4.78 is 15.7. The van der Waals surface area contributed by atoms with Crippen LogP contribution in [0.4, 0.5) is 0 Å². The molecular formula is C13H22N2O3. The molecule has 0 bridgehead atoms. The van der Waals surface area contributed by atoms with Gasteiger partial charge >= 0.3 is 0 Å². The number of nitrogens with zero attached hydrogens (tertiary/aromatic N) is 1. The first-order valence-corrected chi connectivity index (χ1v) is 6.19. The van der Waals surface area contributed by atoms with Crippen molar-refractivity contribution < 1.29 is 14.2 Å². The average Bonchev–Trinajstić information content (AvgIpc) is 2.42. The van der Waals surface area contributed by atoms with Crippen LogP contribution >= 0.6 is 0 Å². The molecule has 102 valence electrons. The number of hydrogen-bond donors (Lipinski definition) is 1. The lowest BCUT2D eigenvalue weighted by Gasteiger charge is -2.09. The summed E-state index contributed by atoms with van der Waals surface area (Å²) in [5.41, 5.74) is 7.66. The predicted molar refractivity (Wildman–Crippen MR) is 69.7 cm³/mol. The number of methoxy groups -OCH3 is 1. The second-order valence-electron chi connectivity index (χ2n) is 3.82. The van der Waals surface area contributed by atoms with E-state index in [1.165, 1.54) is 0 Å². The van der Waals surface area contributed by atoms with Crippen LogP contribution in [0.25, 0.3) is 0 Å². The normalized spacial score (nSPS) is 10.6. The molecule has 5 nitrogen and oxygen atoms in total. The van der Waals surface area contributed by atoms with Gasteiger partial charge in [0.25, 0.3) is 0 Å². The van der Waals surface area contributed by atoms with E-state index in [1.54, 1.807) is 7.11 Å². The zero-order valence-corrected chi connectivity index (χ0v) is 11.1. The standard InChI is InChI=1S/C13H22N2O3/c1-3-12-8-11(10-14)9-13(15-12)18-7-6-17-5-4-16-2/h8-9H,3-7,10,14H2,1-2H3. The summed E-state index contributed by atoms with van der Waals surface area (Å²) in [4.78, 5) is 4.38. The van der Waals surface area contributed by atoms with Crippen molar-refractivity contribution in [2.45, 2.75) is 19.9 Å². The monoisotopic (exact) mass is 254 g/mol. The van der Waals surface area contributed by atoms with Gasteiger partial charge in [-0.15, -0.1) is 0 Å². The summed E-state index contributed by atoms with van der Waals surface area (Å²) >= 11 is 0. The van der Waals surface area contributed by atoms with E-state index >= 15 is 0 Å². The summed E-state index contributed by atoms with van der Waals surface area (Å²) in [5.74, 6) is 0.616. The molecule has 1 heterocycles. The quantitative estimate of drug-likeness (QED) is 0.669. The summed E-state index contributed by atoms with van der Waals surface area (Å²) in [7, 11) is 1.65. The number of nitrogens with two attached hydrogens (primary N) is 1. The van der Waals surface area contributed by atoms with Crippen molar-refractivity contribution in [2.75, 3.05) is 33.5 Å². The summed E-state index contributed by atoms with van der Waals surface area (Å²) in [6, 6.07) is 3.87. The number of pyridine rings is 1. The summed E-state index contributed by atoms with van der Waals surface area (Å²) in [6.45, 7) is 4.74. The lowest BCUT2D eigenvalue weighted by molar-refractivity contribution is 0.0536. The van der Waals surface area contributed by atoms with Crippen molar-refractivity contribution >= 4 is 0 Å². The molecule has 0 saturated heterocycles. The first kappa shape index (κ1) is 14.9. The molecule has 0 radical (unpaired) electrons. The molecule has 0 aliphatic carbocycles. The molecule has 0 fully saturated rings. The first-order valence-electron chi connectivity index (χ1n) is 6.19. The Kier molecular flexibility index (Phi) is 7.32. The van der Waals surface area contributed by atoms with Crippen molar-refractivity contribution in [1.29, 1.82) is 0 Å². The Morgan fingerprint density at radius 2 is 1.94 bits per heavy atom. The lowest BCUT2D eigenvalue weighted by Crippen LogP contribution is -2.11. The fourth-order valence-electron chi connectivity index (χ4n) is 1.44. The molecule has 0 saturated carbocycles. The molecule has 0 aliphatic heterocycles. The second-order valence-corrected chi connectivity index (χ2v) is 3.82. The maximum Gasteiger partial charge on any atom is 0.213 e.